The Morgan fingerprint density at radius 1 is 1.21 bits per heavy atom. The summed E-state index contributed by atoms with van der Waals surface area (Å²) in [4.78, 5) is 7.50. The molecule has 2 aromatic rings. The Morgan fingerprint density at radius 2 is 1.89 bits per heavy atom. The number of aromatic nitrogens is 2. The van der Waals surface area contributed by atoms with Crippen molar-refractivity contribution < 1.29 is 5.23 Å². The molecule has 0 atom stereocenters. The largest absolute Gasteiger partial charge is 0.627 e. The Bertz CT molecular complexity index is 557. The van der Waals surface area contributed by atoms with Crippen LogP contribution in [0.25, 0.3) is 0 Å². The van der Waals surface area contributed by atoms with Gasteiger partial charge in [0.25, 0.3) is 0 Å². The van der Waals surface area contributed by atoms with Gasteiger partial charge < -0.3 is 26.7 Å². The normalized spacial score (nSPS) is 10.7. The highest BCUT2D eigenvalue weighted by atomic mass is 16.8. The standard InChI is InChI=1S/C12H14N5O2/c1-8-2-4-9(5-3-8)6-14-12-10(17(18)19)11(13)15-7-16-12/h2-5,7,17H,6H2,1H3,(H3,13,14,15,16)/q-1. The molecule has 2 rings (SSSR count). The van der Waals surface area contributed by atoms with E-state index in [1.54, 1.807) is 0 Å². The predicted octanol–water partition coefficient (Wildman–Crippen LogP) is 0.491. The van der Waals surface area contributed by atoms with Gasteiger partial charge in [-0.25, -0.2) is 9.97 Å². The fourth-order valence-corrected chi connectivity index (χ4v) is 1.63. The first kappa shape index (κ1) is 13.2. The van der Waals surface area contributed by atoms with Gasteiger partial charge in [0, 0.05) is 6.54 Å². The predicted molar refractivity (Wildman–Crippen MR) is 72.3 cm³/mol. The summed E-state index contributed by atoms with van der Waals surface area (Å²) < 4.78 is 0. The lowest BCUT2D eigenvalue weighted by Gasteiger charge is -2.26. The number of nitrogens with zero attached hydrogens (tertiary/aromatic N) is 2. The number of nitrogens with two attached hydrogens (primary N) is 1. The second-order valence-electron chi connectivity index (χ2n) is 4.11. The molecule has 0 aliphatic rings. The van der Waals surface area contributed by atoms with Crippen molar-refractivity contribution >= 4 is 17.3 Å². The molecule has 7 heteroatoms. The average Bonchev–Trinajstić information content (AvgIpc) is 2.37. The minimum atomic E-state index is -1.40. The molecule has 7 nitrogen and oxygen atoms in total. The fraction of sp³-hybridized carbons (Fsp3) is 0.167. The van der Waals surface area contributed by atoms with E-state index in [9.17, 15) is 10.4 Å². The monoisotopic (exact) mass is 260 g/mol. The summed E-state index contributed by atoms with van der Waals surface area (Å²) in [6.07, 6.45) is 1.21. The maximum Gasteiger partial charge on any atom is 0.216 e. The third-order valence-corrected chi connectivity index (χ3v) is 2.66. The van der Waals surface area contributed by atoms with E-state index in [2.05, 4.69) is 15.3 Å². The first-order chi connectivity index (χ1) is 9.08. The van der Waals surface area contributed by atoms with E-state index in [4.69, 9.17) is 5.73 Å². The van der Waals surface area contributed by atoms with Gasteiger partial charge in [0.15, 0.2) is 11.6 Å². The third-order valence-electron chi connectivity index (χ3n) is 2.66. The van der Waals surface area contributed by atoms with Crippen LogP contribution in [0.15, 0.2) is 30.6 Å². The summed E-state index contributed by atoms with van der Waals surface area (Å²) in [5.74, 6) is 0.0504. The summed E-state index contributed by atoms with van der Waals surface area (Å²) in [6, 6.07) is 7.85. The molecule has 19 heavy (non-hydrogen) atoms. The van der Waals surface area contributed by atoms with Gasteiger partial charge in [-0.3, -0.25) is 0 Å². The van der Waals surface area contributed by atoms with Gasteiger partial charge in [-0.2, -0.15) is 0 Å². The number of quaternary nitrogens is 1. The maximum atomic E-state index is 11.0. The zero-order chi connectivity index (χ0) is 13.8. The SMILES string of the molecule is Cc1ccc(CNc2ncnc(N)c2[NH+]([O-])[O-])cc1. The van der Waals surface area contributed by atoms with Crippen LogP contribution in [0.1, 0.15) is 11.1 Å². The summed E-state index contributed by atoms with van der Waals surface area (Å²) in [5, 5.41) is 23.5. The molecule has 0 fully saturated rings. The molecule has 0 bridgehead atoms. The number of rotatable bonds is 4. The van der Waals surface area contributed by atoms with E-state index in [0.717, 1.165) is 11.1 Å². The highest BCUT2D eigenvalue weighted by Gasteiger charge is 2.12. The summed E-state index contributed by atoms with van der Waals surface area (Å²) >= 11 is 0. The van der Waals surface area contributed by atoms with E-state index in [-0.39, 0.29) is 17.3 Å². The van der Waals surface area contributed by atoms with Crippen LogP contribution in [-0.4, -0.2) is 9.97 Å². The topological polar surface area (TPSA) is 114 Å². The summed E-state index contributed by atoms with van der Waals surface area (Å²) in [7, 11) is 0. The number of benzene rings is 1. The number of nitrogen functional groups attached to an aromatic ring is 1. The van der Waals surface area contributed by atoms with Gasteiger partial charge in [-0.1, -0.05) is 29.8 Å². The van der Waals surface area contributed by atoms with Crippen molar-refractivity contribution in [2.45, 2.75) is 13.5 Å². The number of aryl methyl sites for hydroxylation is 1. The van der Waals surface area contributed by atoms with Crippen LogP contribution >= 0.6 is 0 Å². The van der Waals surface area contributed by atoms with E-state index in [1.165, 1.54) is 6.33 Å². The van der Waals surface area contributed by atoms with Crippen molar-refractivity contribution in [3.05, 3.63) is 52.1 Å². The summed E-state index contributed by atoms with van der Waals surface area (Å²) in [6.45, 7) is 2.44. The van der Waals surface area contributed by atoms with Crippen LogP contribution in [0.2, 0.25) is 0 Å². The minimum absolute atomic E-state index is 0.110. The molecule has 0 amide bonds. The molecular formula is C12H14N5O2-. The van der Waals surface area contributed by atoms with Gasteiger partial charge in [-0.15, -0.1) is 0 Å². The zero-order valence-corrected chi connectivity index (χ0v) is 10.4. The van der Waals surface area contributed by atoms with Crippen molar-refractivity contribution in [3.8, 4) is 0 Å². The smallest absolute Gasteiger partial charge is 0.216 e. The molecule has 0 saturated heterocycles. The molecule has 0 unspecified atom stereocenters. The first-order valence-electron chi connectivity index (χ1n) is 5.69. The van der Waals surface area contributed by atoms with E-state index in [0.29, 0.717) is 6.54 Å². The van der Waals surface area contributed by atoms with E-state index in [1.807, 2.05) is 31.2 Å². The third kappa shape index (κ3) is 3.16. The van der Waals surface area contributed by atoms with Crippen LogP contribution in [-0.2, 0) is 6.54 Å². The molecule has 4 N–H and O–H groups in total. The molecule has 0 radical (unpaired) electrons. The molecule has 0 aliphatic carbocycles. The Kier molecular flexibility index (Phi) is 3.91. The number of hydrogen-bond donors (Lipinski definition) is 3. The van der Waals surface area contributed by atoms with Gasteiger partial charge in [0.1, 0.15) is 6.33 Å². The Morgan fingerprint density at radius 3 is 2.53 bits per heavy atom. The Hall–Kier alpha value is -2.22. The first-order valence-corrected chi connectivity index (χ1v) is 5.69. The lowest BCUT2D eigenvalue weighted by Crippen LogP contribution is -2.96. The van der Waals surface area contributed by atoms with Crippen LogP contribution in [0.3, 0.4) is 0 Å². The highest BCUT2D eigenvalue weighted by molar-refractivity contribution is 5.67. The Balaban J connectivity index is 2.15. The van der Waals surface area contributed by atoms with E-state index < -0.39 is 5.23 Å². The van der Waals surface area contributed by atoms with Crippen molar-refractivity contribution in [1.82, 2.24) is 9.97 Å². The van der Waals surface area contributed by atoms with Gasteiger partial charge in [0.2, 0.25) is 5.69 Å². The second-order valence-corrected chi connectivity index (χ2v) is 4.11. The van der Waals surface area contributed by atoms with Crippen LogP contribution in [0, 0.1) is 17.3 Å². The van der Waals surface area contributed by atoms with Crippen molar-refractivity contribution in [2.24, 2.45) is 0 Å². The fourth-order valence-electron chi connectivity index (χ4n) is 1.63. The molecule has 1 aromatic heterocycles. The average molecular weight is 260 g/mol. The molecule has 0 saturated carbocycles. The molecular weight excluding hydrogens is 246 g/mol. The van der Waals surface area contributed by atoms with Crippen LogP contribution in [0.4, 0.5) is 17.3 Å². The lowest BCUT2D eigenvalue weighted by molar-refractivity contribution is -0.714. The highest BCUT2D eigenvalue weighted by Crippen LogP contribution is 2.19. The summed E-state index contributed by atoms with van der Waals surface area (Å²) in [5.41, 5.74) is 7.45. The molecule has 0 aliphatic heterocycles. The van der Waals surface area contributed by atoms with Crippen LogP contribution < -0.4 is 16.3 Å². The number of anilines is 2. The Labute approximate surface area is 110 Å². The maximum absolute atomic E-state index is 11.0. The van der Waals surface area contributed by atoms with Crippen molar-refractivity contribution in [2.75, 3.05) is 11.1 Å². The lowest BCUT2D eigenvalue weighted by atomic mass is 10.1. The van der Waals surface area contributed by atoms with Gasteiger partial charge >= 0.3 is 0 Å². The number of nitrogens with one attached hydrogen (secondary N) is 2. The van der Waals surface area contributed by atoms with Crippen LogP contribution in [0.5, 0.6) is 0 Å². The number of hydrogen-bond acceptors (Lipinski definition) is 6. The van der Waals surface area contributed by atoms with Crippen molar-refractivity contribution in [3.63, 3.8) is 0 Å². The molecule has 100 valence electrons. The van der Waals surface area contributed by atoms with E-state index >= 15 is 0 Å². The van der Waals surface area contributed by atoms with Gasteiger partial charge in [-0.05, 0) is 12.5 Å². The molecule has 1 aromatic carbocycles. The minimum Gasteiger partial charge on any atom is -0.627 e. The van der Waals surface area contributed by atoms with Gasteiger partial charge in [0.05, 0.1) is 0 Å². The van der Waals surface area contributed by atoms with Crippen molar-refractivity contribution in [1.29, 1.82) is 0 Å². The molecule has 1 heterocycles. The second kappa shape index (κ2) is 5.61. The zero-order valence-electron chi connectivity index (χ0n) is 10.4. The quantitative estimate of drug-likeness (QED) is 0.689. The molecule has 0 spiro atoms.